The van der Waals surface area contributed by atoms with Crippen molar-refractivity contribution in [2.24, 2.45) is 4.99 Å². The van der Waals surface area contributed by atoms with Crippen LogP contribution in [0.2, 0.25) is 0 Å². The number of thiophene rings is 1. The highest BCUT2D eigenvalue weighted by molar-refractivity contribution is 7.91. The van der Waals surface area contributed by atoms with Crippen molar-refractivity contribution in [3.05, 3.63) is 21.9 Å². The van der Waals surface area contributed by atoms with E-state index in [0.717, 1.165) is 25.6 Å². The van der Waals surface area contributed by atoms with Crippen LogP contribution in [-0.4, -0.2) is 63.5 Å². The van der Waals surface area contributed by atoms with Crippen molar-refractivity contribution in [3.63, 3.8) is 0 Å². The molecule has 0 amide bonds. The second kappa shape index (κ2) is 8.65. The molecule has 1 aliphatic heterocycles. The van der Waals surface area contributed by atoms with Gasteiger partial charge >= 0.3 is 0 Å². The summed E-state index contributed by atoms with van der Waals surface area (Å²) in [5, 5.41) is 6.56. The Morgan fingerprint density at radius 3 is 2.65 bits per heavy atom. The maximum absolute atomic E-state index is 11.4. The molecule has 1 aromatic heterocycles. The van der Waals surface area contributed by atoms with Crippen LogP contribution >= 0.6 is 11.3 Å². The molecule has 2 rings (SSSR count). The van der Waals surface area contributed by atoms with Crippen molar-refractivity contribution in [1.82, 2.24) is 15.5 Å². The molecule has 130 valence electrons. The SMILES string of the molecule is CCNC(=NCc1ccc(C)s1)NCCN1CCS(=O)(=O)CC1. The van der Waals surface area contributed by atoms with Gasteiger partial charge in [-0.1, -0.05) is 0 Å². The Hall–Kier alpha value is -1.12. The number of guanidine groups is 1. The molecule has 23 heavy (non-hydrogen) atoms. The van der Waals surface area contributed by atoms with Gasteiger partial charge in [-0.15, -0.1) is 11.3 Å². The molecule has 0 spiro atoms. The molecule has 0 atom stereocenters. The summed E-state index contributed by atoms with van der Waals surface area (Å²) in [7, 11) is -2.80. The average Bonchev–Trinajstić information content (AvgIpc) is 2.92. The van der Waals surface area contributed by atoms with Crippen molar-refractivity contribution in [3.8, 4) is 0 Å². The van der Waals surface area contributed by atoms with E-state index in [-0.39, 0.29) is 11.5 Å². The summed E-state index contributed by atoms with van der Waals surface area (Å²) in [5.74, 6) is 1.36. The fourth-order valence-corrected chi connectivity index (χ4v) is 4.47. The molecule has 1 aromatic rings. The van der Waals surface area contributed by atoms with E-state index in [2.05, 4.69) is 39.6 Å². The Kier molecular flexibility index (Phi) is 6.86. The van der Waals surface area contributed by atoms with Crippen molar-refractivity contribution >= 4 is 27.1 Å². The summed E-state index contributed by atoms with van der Waals surface area (Å²) in [6.45, 7) is 8.49. The van der Waals surface area contributed by atoms with Crippen molar-refractivity contribution < 1.29 is 8.42 Å². The maximum atomic E-state index is 11.4. The number of sulfone groups is 1. The molecule has 2 heterocycles. The third-order valence-corrected chi connectivity index (χ3v) is 6.29. The van der Waals surface area contributed by atoms with E-state index >= 15 is 0 Å². The molecule has 2 N–H and O–H groups in total. The van der Waals surface area contributed by atoms with Crippen LogP contribution in [0.4, 0.5) is 0 Å². The Bertz CT molecular complexity index is 611. The molecule has 0 radical (unpaired) electrons. The standard InChI is InChI=1S/C15H26N4O2S2/c1-3-16-15(18-12-14-5-4-13(2)22-14)17-6-7-19-8-10-23(20,21)11-9-19/h4-5H,3,6-12H2,1-2H3,(H2,16,17,18). The van der Waals surface area contributed by atoms with E-state index in [1.807, 2.05) is 6.92 Å². The van der Waals surface area contributed by atoms with Crippen molar-refractivity contribution in [2.75, 3.05) is 44.2 Å². The molecule has 0 bridgehead atoms. The number of rotatable bonds is 6. The van der Waals surface area contributed by atoms with Crippen LogP contribution in [0, 0.1) is 6.92 Å². The quantitative estimate of drug-likeness (QED) is 0.582. The zero-order chi connectivity index (χ0) is 16.7. The van der Waals surface area contributed by atoms with E-state index in [1.54, 1.807) is 11.3 Å². The second-order valence-electron chi connectivity index (χ2n) is 5.63. The molecule has 0 saturated carbocycles. The molecule has 8 heteroatoms. The first kappa shape index (κ1) is 18.2. The lowest BCUT2D eigenvalue weighted by Crippen LogP contribution is -2.45. The molecule has 6 nitrogen and oxygen atoms in total. The normalized spacial score (nSPS) is 18.8. The minimum atomic E-state index is -2.80. The summed E-state index contributed by atoms with van der Waals surface area (Å²) in [6.07, 6.45) is 0. The Balaban J connectivity index is 1.76. The molecule has 1 fully saturated rings. The van der Waals surface area contributed by atoms with Crippen molar-refractivity contribution in [2.45, 2.75) is 20.4 Å². The van der Waals surface area contributed by atoms with Crippen LogP contribution < -0.4 is 10.6 Å². The van der Waals surface area contributed by atoms with Gasteiger partial charge in [0.15, 0.2) is 15.8 Å². The fraction of sp³-hybridized carbons (Fsp3) is 0.667. The summed E-state index contributed by atoms with van der Waals surface area (Å²) < 4.78 is 22.8. The van der Waals surface area contributed by atoms with Crippen LogP contribution in [0.1, 0.15) is 16.7 Å². The first-order valence-electron chi connectivity index (χ1n) is 7.99. The van der Waals surface area contributed by atoms with Gasteiger partial charge in [0.2, 0.25) is 0 Å². The predicted octanol–water partition coefficient (Wildman–Crippen LogP) is 0.842. The summed E-state index contributed by atoms with van der Waals surface area (Å²) in [6, 6.07) is 4.22. The van der Waals surface area contributed by atoms with Crippen molar-refractivity contribution in [1.29, 1.82) is 0 Å². The van der Waals surface area contributed by atoms with Gasteiger partial charge in [-0.2, -0.15) is 0 Å². The van der Waals surface area contributed by atoms with E-state index in [9.17, 15) is 8.42 Å². The number of nitrogens with one attached hydrogen (secondary N) is 2. The van der Waals surface area contributed by atoms with Gasteiger partial charge in [-0.05, 0) is 26.0 Å². The number of aryl methyl sites for hydroxylation is 1. The van der Waals surface area contributed by atoms with E-state index < -0.39 is 9.84 Å². The monoisotopic (exact) mass is 358 g/mol. The van der Waals surface area contributed by atoms with E-state index in [0.29, 0.717) is 19.6 Å². The Morgan fingerprint density at radius 1 is 1.30 bits per heavy atom. The molecular formula is C15H26N4O2S2. The minimum Gasteiger partial charge on any atom is -0.357 e. The Morgan fingerprint density at radius 2 is 2.04 bits per heavy atom. The lowest BCUT2D eigenvalue weighted by molar-refractivity contribution is 0.299. The van der Waals surface area contributed by atoms with E-state index in [4.69, 9.17) is 0 Å². The predicted molar refractivity (Wildman–Crippen MR) is 97.0 cm³/mol. The topological polar surface area (TPSA) is 73.8 Å². The molecule has 0 aromatic carbocycles. The largest absolute Gasteiger partial charge is 0.357 e. The van der Waals surface area contributed by atoms with Gasteiger partial charge in [0.25, 0.3) is 0 Å². The van der Waals surface area contributed by atoms with Gasteiger partial charge < -0.3 is 10.6 Å². The zero-order valence-corrected chi connectivity index (χ0v) is 15.5. The van der Waals surface area contributed by atoms with E-state index in [1.165, 1.54) is 9.75 Å². The first-order chi connectivity index (χ1) is 11.0. The second-order valence-corrected chi connectivity index (χ2v) is 9.30. The third kappa shape index (κ3) is 6.48. The molecule has 0 unspecified atom stereocenters. The van der Waals surface area contributed by atoms with Gasteiger partial charge in [0.05, 0.1) is 18.1 Å². The number of hydrogen-bond acceptors (Lipinski definition) is 5. The molecular weight excluding hydrogens is 332 g/mol. The molecule has 1 aliphatic rings. The third-order valence-electron chi connectivity index (χ3n) is 3.69. The lowest BCUT2D eigenvalue weighted by atomic mass is 10.4. The lowest BCUT2D eigenvalue weighted by Gasteiger charge is -2.26. The van der Waals surface area contributed by atoms with Gasteiger partial charge in [0, 0.05) is 42.5 Å². The van der Waals surface area contributed by atoms with Crippen LogP contribution in [0.15, 0.2) is 17.1 Å². The molecule has 1 saturated heterocycles. The molecule has 0 aliphatic carbocycles. The van der Waals surface area contributed by atoms with Crippen LogP contribution in [-0.2, 0) is 16.4 Å². The number of aliphatic imine (C=N–C) groups is 1. The highest BCUT2D eigenvalue weighted by Gasteiger charge is 2.20. The van der Waals surface area contributed by atoms with Crippen LogP contribution in [0.5, 0.6) is 0 Å². The Labute approximate surface area is 142 Å². The minimum absolute atomic E-state index is 0.277. The number of hydrogen-bond donors (Lipinski definition) is 2. The number of nitrogens with zero attached hydrogens (tertiary/aromatic N) is 2. The van der Waals surface area contributed by atoms with Gasteiger partial charge in [0.1, 0.15) is 0 Å². The summed E-state index contributed by atoms with van der Waals surface area (Å²) in [5.41, 5.74) is 0. The maximum Gasteiger partial charge on any atom is 0.191 e. The van der Waals surface area contributed by atoms with Gasteiger partial charge in [-0.25, -0.2) is 13.4 Å². The van der Waals surface area contributed by atoms with Crippen LogP contribution in [0.3, 0.4) is 0 Å². The smallest absolute Gasteiger partial charge is 0.191 e. The zero-order valence-electron chi connectivity index (χ0n) is 13.8. The first-order valence-corrected chi connectivity index (χ1v) is 10.6. The average molecular weight is 359 g/mol. The fourth-order valence-electron chi connectivity index (χ4n) is 2.38. The highest BCUT2D eigenvalue weighted by atomic mass is 32.2. The highest BCUT2D eigenvalue weighted by Crippen LogP contribution is 2.15. The summed E-state index contributed by atoms with van der Waals surface area (Å²) >= 11 is 1.77. The van der Waals surface area contributed by atoms with Crippen LogP contribution in [0.25, 0.3) is 0 Å². The van der Waals surface area contributed by atoms with Gasteiger partial charge in [-0.3, -0.25) is 4.90 Å². The summed E-state index contributed by atoms with van der Waals surface area (Å²) in [4.78, 5) is 9.32.